The molecule has 0 heteroatoms. The average molecular weight is 262 g/mol. The maximum Gasteiger partial charge on any atom is -0.0202 e. The summed E-state index contributed by atoms with van der Waals surface area (Å²) in [5.41, 5.74) is 0. The molecule has 0 aromatic rings. The van der Waals surface area contributed by atoms with Crippen LogP contribution in [0.5, 0.6) is 0 Å². The first kappa shape index (κ1) is 16.5. The Bertz CT molecular complexity index is 251. The molecule has 0 aromatic heterocycles. The predicted molar refractivity (Wildman–Crippen MR) is 87.3 cm³/mol. The van der Waals surface area contributed by atoms with Crippen LogP contribution in [0.1, 0.15) is 78.1 Å². The highest BCUT2D eigenvalue weighted by Crippen LogP contribution is 2.35. The van der Waals surface area contributed by atoms with E-state index in [1.807, 2.05) is 0 Å². The third kappa shape index (κ3) is 6.45. The molecule has 0 amide bonds. The van der Waals surface area contributed by atoms with E-state index in [9.17, 15) is 0 Å². The molecule has 1 saturated carbocycles. The van der Waals surface area contributed by atoms with Gasteiger partial charge in [-0.1, -0.05) is 64.2 Å². The molecule has 0 aromatic carbocycles. The van der Waals surface area contributed by atoms with Crippen molar-refractivity contribution in [3.63, 3.8) is 0 Å². The Morgan fingerprint density at radius 2 is 2.05 bits per heavy atom. The number of hydrogen-bond donors (Lipinski definition) is 0. The van der Waals surface area contributed by atoms with Crippen molar-refractivity contribution in [3.05, 3.63) is 24.8 Å². The maximum absolute atomic E-state index is 3.89. The van der Waals surface area contributed by atoms with Crippen molar-refractivity contribution in [2.75, 3.05) is 0 Å². The van der Waals surface area contributed by atoms with Crippen LogP contribution < -0.4 is 0 Å². The molecule has 1 unspecified atom stereocenters. The number of hydrogen-bond acceptors (Lipinski definition) is 0. The molecule has 1 rings (SSSR count). The molecule has 0 N–H and O–H groups in total. The molecule has 1 fully saturated rings. The number of unbranched alkanes of at least 4 members (excludes halogenated alkanes) is 1. The zero-order valence-electron chi connectivity index (χ0n) is 13.2. The molecular weight excluding hydrogens is 228 g/mol. The first-order chi connectivity index (χ1) is 9.31. The zero-order chi connectivity index (χ0) is 13.9. The zero-order valence-corrected chi connectivity index (χ0v) is 13.2. The normalized spacial score (nSPS) is 24.9. The van der Waals surface area contributed by atoms with Gasteiger partial charge in [0.15, 0.2) is 0 Å². The van der Waals surface area contributed by atoms with Gasteiger partial charge >= 0.3 is 0 Å². The fraction of sp³-hybridized carbons (Fsp3) is 0.789. The van der Waals surface area contributed by atoms with Gasteiger partial charge in [-0.2, -0.15) is 0 Å². The van der Waals surface area contributed by atoms with E-state index in [4.69, 9.17) is 0 Å². The molecule has 110 valence electrons. The SMILES string of the molecule is C=CC[C@H]1CCC[C@@H]1/C=C/CCCC(CC)CCC. The van der Waals surface area contributed by atoms with Crippen LogP contribution in [0.4, 0.5) is 0 Å². The largest absolute Gasteiger partial charge is 0.103 e. The molecule has 0 aliphatic heterocycles. The van der Waals surface area contributed by atoms with Gasteiger partial charge in [0.2, 0.25) is 0 Å². The second kappa shape index (κ2) is 10.3. The highest BCUT2D eigenvalue weighted by atomic mass is 14.3. The summed E-state index contributed by atoms with van der Waals surface area (Å²) in [6.07, 6.45) is 20.8. The Hall–Kier alpha value is -0.520. The lowest BCUT2D eigenvalue weighted by Crippen LogP contribution is -2.03. The summed E-state index contributed by atoms with van der Waals surface area (Å²) in [5.74, 6) is 2.70. The van der Waals surface area contributed by atoms with Gasteiger partial charge in [0.1, 0.15) is 0 Å². The Labute approximate surface area is 121 Å². The van der Waals surface area contributed by atoms with Crippen molar-refractivity contribution in [2.24, 2.45) is 17.8 Å². The molecule has 0 saturated heterocycles. The van der Waals surface area contributed by atoms with Crippen molar-refractivity contribution < 1.29 is 0 Å². The first-order valence-corrected chi connectivity index (χ1v) is 8.59. The van der Waals surface area contributed by atoms with Gasteiger partial charge in [-0.05, 0) is 49.9 Å². The Morgan fingerprint density at radius 3 is 2.74 bits per heavy atom. The lowest BCUT2D eigenvalue weighted by atomic mass is 9.91. The summed E-state index contributed by atoms with van der Waals surface area (Å²) in [4.78, 5) is 0. The van der Waals surface area contributed by atoms with E-state index in [1.54, 1.807) is 0 Å². The van der Waals surface area contributed by atoms with Crippen LogP contribution in [0.3, 0.4) is 0 Å². The van der Waals surface area contributed by atoms with E-state index >= 15 is 0 Å². The molecule has 3 atom stereocenters. The summed E-state index contributed by atoms with van der Waals surface area (Å²) >= 11 is 0. The van der Waals surface area contributed by atoms with Gasteiger partial charge < -0.3 is 0 Å². The van der Waals surface area contributed by atoms with Crippen molar-refractivity contribution in [2.45, 2.75) is 78.1 Å². The first-order valence-electron chi connectivity index (χ1n) is 8.59. The summed E-state index contributed by atoms with van der Waals surface area (Å²) in [6, 6.07) is 0. The van der Waals surface area contributed by atoms with E-state index in [1.165, 1.54) is 64.2 Å². The Morgan fingerprint density at radius 1 is 1.21 bits per heavy atom. The fourth-order valence-electron chi connectivity index (χ4n) is 3.58. The molecule has 1 aliphatic rings. The minimum absolute atomic E-state index is 0.843. The third-order valence-corrected chi connectivity index (χ3v) is 4.83. The van der Waals surface area contributed by atoms with E-state index in [2.05, 4.69) is 38.7 Å². The summed E-state index contributed by atoms with van der Waals surface area (Å²) < 4.78 is 0. The highest BCUT2D eigenvalue weighted by Gasteiger charge is 2.23. The van der Waals surface area contributed by atoms with Crippen LogP contribution in [-0.2, 0) is 0 Å². The van der Waals surface area contributed by atoms with Gasteiger partial charge in [-0.15, -0.1) is 6.58 Å². The topological polar surface area (TPSA) is 0 Å². The summed E-state index contributed by atoms with van der Waals surface area (Å²) in [6.45, 7) is 8.54. The van der Waals surface area contributed by atoms with Gasteiger partial charge in [-0.25, -0.2) is 0 Å². The highest BCUT2D eigenvalue weighted by molar-refractivity contribution is 4.96. The number of allylic oxidation sites excluding steroid dienone is 3. The molecule has 1 aliphatic carbocycles. The molecule has 0 bridgehead atoms. The third-order valence-electron chi connectivity index (χ3n) is 4.83. The van der Waals surface area contributed by atoms with Crippen LogP contribution in [0.15, 0.2) is 24.8 Å². The van der Waals surface area contributed by atoms with Gasteiger partial charge in [0, 0.05) is 0 Å². The minimum Gasteiger partial charge on any atom is -0.103 e. The van der Waals surface area contributed by atoms with Crippen LogP contribution in [-0.4, -0.2) is 0 Å². The molecule has 0 nitrogen and oxygen atoms in total. The van der Waals surface area contributed by atoms with E-state index in [0.29, 0.717) is 0 Å². The van der Waals surface area contributed by atoms with Crippen LogP contribution in [0, 0.1) is 17.8 Å². The predicted octanol–water partition coefficient (Wildman–Crippen LogP) is 6.53. The van der Waals surface area contributed by atoms with Crippen molar-refractivity contribution in [1.29, 1.82) is 0 Å². The fourth-order valence-corrected chi connectivity index (χ4v) is 3.58. The molecule has 19 heavy (non-hydrogen) atoms. The summed E-state index contributed by atoms with van der Waals surface area (Å²) in [7, 11) is 0. The van der Waals surface area contributed by atoms with Crippen LogP contribution >= 0.6 is 0 Å². The standard InChI is InChI=1S/C19H34/c1-4-11-17(6-3)13-8-7-9-14-19-16-10-15-18(19)12-5-2/h5,9,14,17-19H,2,4,6-8,10-13,15-16H2,1,3H3/b14-9+/t17?,18-,19-/m0/s1. The van der Waals surface area contributed by atoms with Crippen molar-refractivity contribution in [1.82, 2.24) is 0 Å². The average Bonchev–Trinajstić information content (AvgIpc) is 2.85. The molecule has 0 spiro atoms. The minimum atomic E-state index is 0.843. The molecular formula is C19H34. The van der Waals surface area contributed by atoms with Gasteiger partial charge in [0.05, 0.1) is 0 Å². The lowest BCUT2D eigenvalue weighted by Gasteiger charge is -2.14. The lowest BCUT2D eigenvalue weighted by molar-refractivity contribution is 0.420. The second-order valence-corrected chi connectivity index (χ2v) is 6.30. The smallest absolute Gasteiger partial charge is 0.0202 e. The second-order valence-electron chi connectivity index (χ2n) is 6.30. The Kier molecular flexibility index (Phi) is 8.95. The van der Waals surface area contributed by atoms with Gasteiger partial charge in [-0.3, -0.25) is 0 Å². The van der Waals surface area contributed by atoms with Crippen LogP contribution in [0.25, 0.3) is 0 Å². The maximum atomic E-state index is 3.89. The van der Waals surface area contributed by atoms with Crippen LogP contribution in [0.2, 0.25) is 0 Å². The van der Waals surface area contributed by atoms with Crippen molar-refractivity contribution >= 4 is 0 Å². The monoisotopic (exact) mass is 262 g/mol. The molecule has 0 heterocycles. The van der Waals surface area contributed by atoms with E-state index < -0.39 is 0 Å². The summed E-state index contributed by atoms with van der Waals surface area (Å²) in [5, 5.41) is 0. The Balaban J connectivity index is 2.17. The molecule has 0 radical (unpaired) electrons. The van der Waals surface area contributed by atoms with Gasteiger partial charge in [0.25, 0.3) is 0 Å². The van der Waals surface area contributed by atoms with Crippen molar-refractivity contribution in [3.8, 4) is 0 Å². The van der Waals surface area contributed by atoms with E-state index in [-0.39, 0.29) is 0 Å². The van der Waals surface area contributed by atoms with E-state index in [0.717, 1.165) is 17.8 Å². The quantitative estimate of drug-likeness (QED) is 0.310. The number of rotatable bonds is 10.